The molecular weight excluding hydrogens is 561 g/mol. The van der Waals surface area contributed by atoms with E-state index < -0.39 is 47.6 Å². The van der Waals surface area contributed by atoms with Crippen molar-refractivity contribution in [1.82, 2.24) is 24.8 Å². The summed E-state index contributed by atoms with van der Waals surface area (Å²) in [5.41, 5.74) is -0.907. The van der Waals surface area contributed by atoms with Gasteiger partial charge >= 0.3 is 12.3 Å². The molecule has 3 aliphatic rings. The maximum Gasteiger partial charge on any atom is 0.434 e. The maximum absolute atomic E-state index is 13.1. The molecule has 0 saturated carbocycles. The van der Waals surface area contributed by atoms with Gasteiger partial charge in [0.25, 0.3) is 0 Å². The second kappa shape index (κ2) is 11.4. The molecule has 1 unspecified atom stereocenters. The summed E-state index contributed by atoms with van der Waals surface area (Å²) in [7, 11) is 0. The van der Waals surface area contributed by atoms with Gasteiger partial charge in [0.05, 0.1) is 43.1 Å². The molecule has 1 amide bonds. The first-order valence-electron chi connectivity index (χ1n) is 13.7. The summed E-state index contributed by atoms with van der Waals surface area (Å²) in [6, 6.07) is -0.545. The normalized spacial score (nSPS) is 27.4. The summed E-state index contributed by atoms with van der Waals surface area (Å²) in [5.74, 6) is -0.666. The van der Waals surface area contributed by atoms with Crippen molar-refractivity contribution in [2.24, 2.45) is 0 Å². The lowest BCUT2D eigenvalue weighted by molar-refractivity contribution is -0.156. The van der Waals surface area contributed by atoms with Gasteiger partial charge in [-0.3, -0.25) is 9.97 Å². The van der Waals surface area contributed by atoms with E-state index in [1.54, 1.807) is 24.9 Å². The first-order valence-corrected chi connectivity index (χ1v) is 13.7. The van der Waals surface area contributed by atoms with Crippen molar-refractivity contribution >= 4 is 11.9 Å². The molecule has 3 saturated heterocycles. The van der Waals surface area contributed by atoms with Gasteiger partial charge in [-0.1, -0.05) is 0 Å². The van der Waals surface area contributed by atoms with E-state index in [1.165, 1.54) is 12.4 Å². The van der Waals surface area contributed by atoms with E-state index >= 15 is 0 Å². The number of ether oxygens (including phenoxy) is 5. The van der Waals surface area contributed by atoms with Crippen LogP contribution in [0.2, 0.25) is 0 Å². The number of halogens is 3. The molecule has 3 fully saturated rings. The molecule has 0 bridgehead atoms. The summed E-state index contributed by atoms with van der Waals surface area (Å²) < 4.78 is 68.8. The molecule has 12 nitrogen and oxygen atoms in total. The van der Waals surface area contributed by atoms with Gasteiger partial charge in [0.2, 0.25) is 5.88 Å². The molecular formula is C27H35F3N6O6. The summed E-state index contributed by atoms with van der Waals surface area (Å²) in [5, 5.41) is 2.95. The smallest absolute Gasteiger partial charge is 0.434 e. The molecule has 0 spiro atoms. The third-order valence-corrected chi connectivity index (χ3v) is 6.98. The predicted molar refractivity (Wildman–Crippen MR) is 141 cm³/mol. The van der Waals surface area contributed by atoms with Gasteiger partial charge in [-0.15, -0.1) is 0 Å². The number of hydrogen-bond donors (Lipinski definition) is 1. The third-order valence-electron chi connectivity index (χ3n) is 6.98. The Morgan fingerprint density at radius 3 is 2.57 bits per heavy atom. The summed E-state index contributed by atoms with van der Waals surface area (Å²) in [4.78, 5) is 30.2. The van der Waals surface area contributed by atoms with E-state index in [2.05, 4.69) is 25.3 Å². The van der Waals surface area contributed by atoms with Gasteiger partial charge in [-0.25, -0.2) is 14.8 Å². The highest BCUT2D eigenvalue weighted by molar-refractivity contribution is 5.68. The molecule has 5 rings (SSSR count). The zero-order valence-corrected chi connectivity index (χ0v) is 24.1. The SMILES string of the molecule is CC(C)(C)OC(=O)N1CCC(c2cnc(OC[C@H]3OC[C@H](Nc4cncc(C(F)(F)F)n4)[C@H]4OC(C)(C)O[C@H]43)cn2)C1. The molecule has 5 heterocycles. The number of carbonyl (C=O) groups is 1. The van der Waals surface area contributed by atoms with Crippen molar-refractivity contribution in [3.05, 3.63) is 36.2 Å². The Hall–Kier alpha value is -3.30. The molecule has 2 aromatic heterocycles. The minimum atomic E-state index is -4.62. The zero-order chi connectivity index (χ0) is 30.3. The second-order valence-corrected chi connectivity index (χ2v) is 12.0. The Bertz CT molecular complexity index is 1260. The van der Waals surface area contributed by atoms with Crippen molar-refractivity contribution in [2.45, 2.75) is 88.9 Å². The van der Waals surface area contributed by atoms with E-state index in [9.17, 15) is 18.0 Å². The van der Waals surface area contributed by atoms with E-state index in [1.807, 2.05) is 20.8 Å². The van der Waals surface area contributed by atoms with Crippen LogP contribution >= 0.6 is 0 Å². The van der Waals surface area contributed by atoms with Crippen molar-refractivity contribution in [2.75, 3.05) is 31.6 Å². The lowest BCUT2D eigenvalue weighted by Gasteiger charge is -2.37. The van der Waals surface area contributed by atoms with Crippen molar-refractivity contribution in [3.8, 4) is 5.88 Å². The van der Waals surface area contributed by atoms with Gasteiger partial charge in [0.1, 0.15) is 36.3 Å². The Balaban J connectivity index is 1.17. The third kappa shape index (κ3) is 7.18. The van der Waals surface area contributed by atoms with Crippen molar-refractivity contribution in [3.63, 3.8) is 0 Å². The first-order chi connectivity index (χ1) is 19.7. The molecule has 42 heavy (non-hydrogen) atoms. The highest BCUT2D eigenvalue weighted by atomic mass is 19.4. The van der Waals surface area contributed by atoms with Crippen LogP contribution in [0, 0.1) is 0 Å². The predicted octanol–water partition coefficient (Wildman–Crippen LogP) is 3.79. The number of nitrogens with one attached hydrogen (secondary N) is 1. The van der Waals surface area contributed by atoms with Gasteiger partial charge in [0.15, 0.2) is 11.5 Å². The Labute approximate surface area is 241 Å². The maximum atomic E-state index is 13.1. The van der Waals surface area contributed by atoms with Gasteiger partial charge < -0.3 is 33.9 Å². The fraction of sp³-hybridized carbons (Fsp3) is 0.667. The monoisotopic (exact) mass is 596 g/mol. The van der Waals surface area contributed by atoms with Crippen LogP contribution in [-0.4, -0.2) is 93.0 Å². The first kappa shape index (κ1) is 30.2. The molecule has 5 atom stereocenters. The van der Waals surface area contributed by atoms with Crippen LogP contribution < -0.4 is 10.1 Å². The van der Waals surface area contributed by atoms with Crippen LogP contribution in [0.5, 0.6) is 5.88 Å². The van der Waals surface area contributed by atoms with E-state index in [0.29, 0.717) is 25.2 Å². The lowest BCUT2D eigenvalue weighted by atomic mass is 9.98. The lowest BCUT2D eigenvalue weighted by Crippen LogP contribution is -2.55. The number of likely N-dealkylation sites (tertiary alicyclic amines) is 1. The minimum absolute atomic E-state index is 0.0405. The van der Waals surface area contributed by atoms with E-state index in [0.717, 1.165) is 12.1 Å². The van der Waals surface area contributed by atoms with Crippen LogP contribution in [0.4, 0.5) is 23.8 Å². The largest absolute Gasteiger partial charge is 0.474 e. The number of nitrogens with zero attached hydrogens (tertiary/aromatic N) is 5. The number of fused-ring (bicyclic) bond motifs is 1. The number of carbonyl (C=O) groups excluding carboxylic acids is 1. The minimum Gasteiger partial charge on any atom is -0.474 e. The molecule has 0 aromatic carbocycles. The van der Waals surface area contributed by atoms with Crippen LogP contribution in [0.3, 0.4) is 0 Å². The molecule has 0 aliphatic carbocycles. The number of alkyl halides is 3. The molecule has 1 N–H and O–H groups in total. The summed E-state index contributed by atoms with van der Waals surface area (Å²) >= 11 is 0. The van der Waals surface area contributed by atoms with Crippen LogP contribution in [0.25, 0.3) is 0 Å². The molecule has 15 heteroatoms. The van der Waals surface area contributed by atoms with Gasteiger partial charge in [0, 0.05) is 19.0 Å². The number of aromatic nitrogens is 4. The van der Waals surface area contributed by atoms with Crippen molar-refractivity contribution < 1.29 is 41.7 Å². The van der Waals surface area contributed by atoms with Crippen LogP contribution in [-0.2, 0) is 25.1 Å². The molecule has 0 radical (unpaired) electrons. The summed E-state index contributed by atoms with van der Waals surface area (Å²) in [6.45, 7) is 10.3. The fourth-order valence-electron chi connectivity index (χ4n) is 5.13. The Morgan fingerprint density at radius 2 is 1.88 bits per heavy atom. The number of amides is 1. The topological polar surface area (TPSA) is 130 Å². The standard InChI is InChI=1S/C27H35F3N6O6/c1-25(2,3)42-24(37)36-7-6-15(12-36)16-8-33-21(11-32-16)39-14-18-23-22(40-26(4,5)41-23)17(13-38-18)34-20-10-31-9-19(35-20)27(28,29)30/h8-11,15,17-18,22-23H,6-7,12-14H2,1-5H3,(H,34,35)/t15?,17-,18+,22+,23-/m0/s1. The number of anilines is 1. The number of hydrogen-bond acceptors (Lipinski definition) is 11. The quantitative estimate of drug-likeness (QED) is 0.523. The highest BCUT2D eigenvalue weighted by Gasteiger charge is 2.52. The highest BCUT2D eigenvalue weighted by Crippen LogP contribution is 2.37. The van der Waals surface area contributed by atoms with Crippen molar-refractivity contribution in [1.29, 1.82) is 0 Å². The van der Waals surface area contributed by atoms with E-state index in [4.69, 9.17) is 23.7 Å². The average Bonchev–Trinajstić information content (AvgIpc) is 3.52. The fourth-order valence-corrected chi connectivity index (χ4v) is 5.13. The zero-order valence-electron chi connectivity index (χ0n) is 24.1. The number of rotatable bonds is 6. The molecule has 2 aromatic rings. The van der Waals surface area contributed by atoms with Gasteiger partial charge in [-0.2, -0.15) is 13.2 Å². The Morgan fingerprint density at radius 1 is 1.12 bits per heavy atom. The van der Waals surface area contributed by atoms with Gasteiger partial charge in [-0.05, 0) is 41.0 Å². The molecule has 230 valence electrons. The van der Waals surface area contributed by atoms with E-state index in [-0.39, 0.29) is 31.0 Å². The second-order valence-electron chi connectivity index (χ2n) is 12.0. The van der Waals surface area contributed by atoms with Crippen LogP contribution in [0.15, 0.2) is 24.8 Å². The summed E-state index contributed by atoms with van der Waals surface area (Å²) in [6.07, 6.45) is -0.838. The Kier molecular flexibility index (Phi) is 8.20. The average molecular weight is 597 g/mol. The molecule has 3 aliphatic heterocycles. The van der Waals surface area contributed by atoms with Crippen LogP contribution in [0.1, 0.15) is 58.3 Å².